The highest BCUT2D eigenvalue weighted by Gasteiger charge is 2.21. The van der Waals surface area contributed by atoms with Crippen molar-refractivity contribution in [1.29, 1.82) is 0 Å². The van der Waals surface area contributed by atoms with Crippen LogP contribution < -0.4 is 10.5 Å². The summed E-state index contributed by atoms with van der Waals surface area (Å²) in [7, 11) is -2.03. The normalized spacial score (nSPS) is 12.7. The fourth-order valence-corrected chi connectivity index (χ4v) is 2.26. The maximum atomic E-state index is 12.0. The van der Waals surface area contributed by atoms with E-state index in [1.54, 1.807) is 19.9 Å². The number of nitrogens with one attached hydrogen (secondary N) is 1. The smallest absolute Gasteiger partial charge is 0.242 e. The van der Waals surface area contributed by atoms with Crippen LogP contribution in [-0.4, -0.2) is 32.7 Å². The summed E-state index contributed by atoms with van der Waals surface area (Å²) >= 11 is 0. The second kappa shape index (κ2) is 5.75. The Morgan fingerprint density at radius 3 is 2.56 bits per heavy atom. The minimum absolute atomic E-state index is 0.117. The van der Waals surface area contributed by atoms with Crippen molar-refractivity contribution in [3.63, 3.8) is 0 Å². The highest BCUT2D eigenvalue weighted by Crippen LogP contribution is 2.10. The standard InChI is InChI=1S/C11H19N3O3S/c1-11(2,17-3)8-14-18(15,16)10-5-4-9(6-12)13-7-10/h4-5,7,14H,6,8,12H2,1-3H3. The van der Waals surface area contributed by atoms with Crippen LogP contribution in [-0.2, 0) is 21.3 Å². The van der Waals surface area contributed by atoms with E-state index >= 15 is 0 Å². The first-order valence-electron chi connectivity index (χ1n) is 5.50. The molecule has 3 N–H and O–H groups in total. The second-order valence-electron chi connectivity index (χ2n) is 4.48. The second-order valence-corrected chi connectivity index (χ2v) is 6.24. The molecule has 102 valence electrons. The van der Waals surface area contributed by atoms with Crippen LogP contribution >= 0.6 is 0 Å². The van der Waals surface area contributed by atoms with Crippen LogP contribution in [0.5, 0.6) is 0 Å². The van der Waals surface area contributed by atoms with E-state index in [2.05, 4.69) is 9.71 Å². The van der Waals surface area contributed by atoms with Crippen molar-refractivity contribution in [3.8, 4) is 0 Å². The first kappa shape index (κ1) is 15.0. The predicted octanol–water partition coefficient (Wildman–Crippen LogP) is 0.244. The van der Waals surface area contributed by atoms with Gasteiger partial charge in [-0.25, -0.2) is 13.1 Å². The molecule has 0 radical (unpaired) electrons. The van der Waals surface area contributed by atoms with Gasteiger partial charge in [-0.15, -0.1) is 0 Å². The fourth-order valence-electron chi connectivity index (χ4n) is 1.11. The quantitative estimate of drug-likeness (QED) is 0.774. The van der Waals surface area contributed by atoms with Crippen LogP contribution in [0.4, 0.5) is 0 Å². The van der Waals surface area contributed by atoms with Crippen molar-refractivity contribution in [3.05, 3.63) is 24.0 Å². The van der Waals surface area contributed by atoms with Gasteiger partial charge >= 0.3 is 0 Å². The van der Waals surface area contributed by atoms with Crippen LogP contribution in [0.3, 0.4) is 0 Å². The molecule has 0 saturated heterocycles. The van der Waals surface area contributed by atoms with E-state index in [1.165, 1.54) is 19.4 Å². The molecule has 0 aromatic carbocycles. The molecule has 0 fully saturated rings. The number of ether oxygens (including phenoxy) is 1. The van der Waals surface area contributed by atoms with Gasteiger partial charge in [-0.2, -0.15) is 0 Å². The van der Waals surface area contributed by atoms with Crippen LogP contribution in [0.25, 0.3) is 0 Å². The topological polar surface area (TPSA) is 94.3 Å². The van der Waals surface area contributed by atoms with Crippen LogP contribution in [0.15, 0.2) is 23.2 Å². The van der Waals surface area contributed by atoms with Gasteiger partial charge in [0.05, 0.1) is 11.3 Å². The van der Waals surface area contributed by atoms with E-state index in [0.717, 1.165) is 0 Å². The van der Waals surface area contributed by atoms with Gasteiger partial charge in [-0.3, -0.25) is 4.98 Å². The molecule has 0 aliphatic heterocycles. The molecule has 1 aromatic rings. The van der Waals surface area contributed by atoms with E-state index in [4.69, 9.17) is 10.5 Å². The molecule has 1 heterocycles. The van der Waals surface area contributed by atoms with Gasteiger partial charge in [0.1, 0.15) is 4.90 Å². The Hall–Kier alpha value is -1.02. The van der Waals surface area contributed by atoms with Gasteiger partial charge in [-0.05, 0) is 26.0 Å². The van der Waals surface area contributed by atoms with Crippen molar-refractivity contribution in [1.82, 2.24) is 9.71 Å². The van der Waals surface area contributed by atoms with Gasteiger partial charge in [-0.1, -0.05) is 0 Å². The lowest BCUT2D eigenvalue weighted by atomic mass is 10.1. The highest BCUT2D eigenvalue weighted by atomic mass is 32.2. The Labute approximate surface area is 108 Å². The lowest BCUT2D eigenvalue weighted by Gasteiger charge is -2.22. The highest BCUT2D eigenvalue weighted by molar-refractivity contribution is 7.89. The number of pyridine rings is 1. The summed E-state index contributed by atoms with van der Waals surface area (Å²) in [6, 6.07) is 3.08. The molecule has 0 aliphatic rings. The largest absolute Gasteiger partial charge is 0.377 e. The molecule has 6 nitrogen and oxygen atoms in total. The van der Waals surface area contributed by atoms with Crippen molar-refractivity contribution in [2.45, 2.75) is 30.9 Å². The number of hydrogen-bond acceptors (Lipinski definition) is 5. The third-order valence-electron chi connectivity index (χ3n) is 2.56. The van der Waals surface area contributed by atoms with E-state index in [1.807, 2.05) is 0 Å². The Kier molecular flexibility index (Phi) is 4.80. The third-order valence-corrected chi connectivity index (χ3v) is 3.94. The Morgan fingerprint density at radius 1 is 1.44 bits per heavy atom. The number of nitrogens with two attached hydrogens (primary N) is 1. The van der Waals surface area contributed by atoms with Crippen LogP contribution in [0.2, 0.25) is 0 Å². The Balaban J connectivity index is 2.80. The van der Waals surface area contributed by atoms with Gasteiger partial charge < -0.3 is 10.5 Å². The number of aromatic nitrogens is 1. The van der Waals surface area contributed by atoms with Gasteiger partial charge in [0.15, 0.2) is 0 Å². The Morgan fingerprint density at radius 2 is 2.11 bits per heavy atom. The molecule has 7 heteroatoms. The molecule has 0 amide bonds. The first-order valence-corrected chi connectivity index (χ1v) is 6.99. The van der Waals surface area contributed by atoms with Crippen LogP contribution in [0, 0.1) is 0 Å². The zero-order chi connectivity index (χ0) is 13.8. The van der Waals surface area contributed by atoms with Crippen molar-refractivity contribution in [2.24, 2.45) is 5.73 Å². The van der Waals surface area contributed by atoms with Gasteiger partial charge in [0.25, 0.3) is 0 Å². The number of rotatable bonds is 6. The molecular formula is C11H19N3O3S. The summed E-state index contributed by atoms with van der Waals surface area (Å²) in [6.07, 6.45) is 1.30. The molecule has 18 heavy (non-hydrogen) atoms. The number of methoxy groups -OCH3 is 1. The van der Waals surface area contributed by atoms with E-state index in [-0.39, 0.29) is 18.0 Å². The molecule has 0 unspecified atom stereocenters. The van der Waals surface area contributed by atoms with Crippen molar-refractivity contribution >= 4 is 10.0 Å². The summed E-state index contributed by atoms with van der Waals surface area (Å²) < 4.78 is 31.5. The number of hydrogen-bond donors (Lipinski definition) is 2. The maximum Gasteiger partial charge on any atom is 0.242 e. The fraction of sp³-hybridized carbons (Fsp3) is 0.545. The summed E-state index contributed by atoms with van der Waals surface area (Å²) in [5, 5.41) is 0. The lowest BCUT2D eigenvalue weighted by molar-refractivity contribution is 0.0276. The summed E-state index contributed by atoms with van der Waals surface area (Å²) in [6.45, 7) is 4.06. The maximum absolute atomic E-state index is 12.0. The molecule has 1 aromatic heterocycles. The molecule has 0 bridgehead atoms. The zero-order valence-electron chi connectivity index (χ0n) is 10.8. The van der Waals surface area contributed by atoms with Crippen molar-refractivity contribution < 1.29 is 13.2 Å². The summed E-state index contributed by atoms with van der Waals surface area (Å²) in [4.78, 5) is 4.07. The predicted molar refractivity (Wildman–Crippen MR) is 68.4 cm³/mol. The van der Waals surface area contributed by atoms with Crippen LogP contribution in [0.1, 0.15) is 19.5 Å². The first-order chi connectivity index (χ1) is 8.30. The number of nitrogens with zero attached hydrogens (tertiary/aromatic N) is 1. The number of sulfonamides is 1. The molecule has 1 rings (SSSR count). The minimum atomic E-state index is -3.56. The van der Waals surface area contributed by atoms with Gasteiger partial charge in [0.2, 0.25) is 10.0 Å². The summed E-state index contributed by atoms with van der Waals surface area (Å²) in [5.41, 5.74) is 5.49. The molecule has 0 spiro atoms. The average Bonchev–Trinajstić information content (AvgIpc) is 2.37. The minimum Gasteiger partial charge on any atom is -0.377 e. The molecular weight excluding hydrogens is 254 g/mol. The monoisotopic (exact) mass is 273 g/mol. The van der Waals surface area contributed by atoms with Gasteiger partial charge in [0, 0.05) is 26.4 Å². The Bertz CT molecular complexity index is 483. The van der Waals surface area contributed by atoms with E-state index < -0.39 is 15.6 Å². The van der Waals surface area contributed by atoms with E-state index in [0.29, 0.717) is 5.69 Å². The van der Waals surface area contributed by atoms with Crippen molar-refractivity contribution in [2.75, 3.05) is 13.7 Å². The average molecular weight is 273 g/mol. The lowest BCUT2D eigenvalue weighted by Crippen LogP contribution is -2.39. The summed E-state index contributed by atoms with van der Waals surface area (Å²) in [5.74, 6) is 0. The molecule has 0 saturated carbocycles. The zero-order valence-corrected chi connectivity index (χ0v) is 11.6. The van der Waals surface area contributed by atoms with E-state index in [9.17, 15) is 8.42 Å². The molecule has 0 atom stereocenters. The SMILES string of the molecule is COC(C)(C)CNS(=O)(=O)c1ccc(CN)nc1. The molecule has 0 aliphatic carbocycles. The third kappa shape index (κ3) is 4.02.